The van der Waals surface area contributed by atoms with Gasteiger partial charge in [0.05, 0.1) is 4.90 Å². The zero-order valence-corrected chi connectivity index (χ0v) is 13.1. The van der Waals surface area contributed by atoms with Crippen LogP contribution in [0, 0.1) is 5.92 Å². The number of nitrogens with one attached hydrogen (secondary N) is 2. The molecule has 19 heavy (non-hydrogen) atoms. The molecule has 2 N–H and O–H groups in total. The van der Waals surface area contributed by atoms with Crippen LogP contribution in [0.1, 0.15) is 38.0 Å². The fourth-order valence-electron chi connectivity index (χ4n) is 2.43. The van der Waals surface area contributed by atoms with Crippen molar-refractivity contribution in [2.24, 2.45) is 5.92 Å². The summed E-state index contributed by atoms with van der Waals surface area (Å²) in [5.41, 5.74) is 0. The Morgan fingerprint density at radius 1 is 1.42 bits per heavy atom. The maximum Gasteiger partial charge on any atom is 0.241 e. The Labute approximate surface area is 119 Å². The Morgan fingerprint density at radius 3 is 2.84 bits per heavy atom. The lowest BCUT2D eigenvalue weighted by Gasteiger charge is -2.16. The van der Waals surface area contributed by atoms with Gasteiger partial charge in [0.2, 0.25) is 10.0 Å². The molecule has 0 amide bonds. The standard InChI is InChI=1S/C13H22N2O2S2/c1-3-14-8-11-7-12(9-18-11)19(16,17)15-13-6-4-5-10(13)2/h7,9-10,13-15H,3-6,8H2,1-2H3. The first kappa shape index (κ1) is 15.0. The van der Waals surface area contributed by atoms with Crippen molar-refractivity contribution in [2.45, 2.75) is 50.6 Å². The van der Waals surface area contributed by atoms with E-state index in [4.69, 9.17) is 0 Å². The Kier molecular flexibility index (Phi) is 5.00. The molecule has 2 unspecified atom stereocenters. The van der Waals surface area contributed by atoms with E-state index in [0.29, 0.717) is 10.8 Å². The number of hydrogen-bond donors (Lipinski definition) is 2. The molecule has 6 heteroatoms. The number of hydrogen-bond acceptors (Lipinski definition) is 4. The molecule has 2 rings (SSSR count). The van der Waals surface area contributed by atoms with E-state index < -0.39 is 10.0 Å². The fraction of sp³-hybridized carbons (Fsp3) is 0.692. The largest absolute Gasteiger partial charge is 0.312 e. The first-order valence-corrected chi connectivity index (χ1v) is 9.19. The van der Waals surface area contributed by atoms with Crippen molar-refractivity contribution in [3.8, 4) is 0 Å². The third kappa shape index (κ3) is 3.78. The molecule has 4 nitrogen and oxygen atoms in total. The van der Waals surface area contributed by atoms with Gasteiger partial charge in [0.25, 0.3) is 0 Å². The summed E-state index contributed by atoms with van der Waals surface area (Å²) in [4.78, 5) is 1.46. The van der Waals surface area contributed by atoms with E-state index >= 15 is 0 Å². The van der Waals surface area contributed by atoms with Crippen LogP contribution in [-0.4, -0.2) is 21.0 Å². The van der Waals surface area contributed by atoms with E-state index in [9.17, 15) is 8.42 Å². The van der Waals surface area contributed by atoms with Gasteiger partial charge in [0, 0.05) is 22.8 Å². The molecule has 1 aliphatic rings. The molecule has 1 aromatic heterocycles. The highest BCUT2D eigenvalue weighted by atomic mass is 32.2. The number of rotatable bonds is 6. The Bertz CT molecular complexity index is 510. The van der Waals surface area contributed by atoms with Crippen molar-refractivity contribution in [3.63, 3.8) is 0 Å². The highest BCUT2D eigenvalue weighted by molar-refractivity contribution is 7.89. The minimum atomic E-state index is -3.35. The molecule has 1 aliphatic carbocycles. The molecule has 0 aromatic carbocycles. The van der Waals surface area contributed by atoms with E-state index in [1.54, 1.807) is 11.4 Å². The van der Waals surface area contributed by atoms with Crippen LogP contribution in [-0.2, 0) is 16.6 Å². The topological polar surface area (TPSA) is 58.2 Å². The summed E-state index contributed by atoms with van der Waals surface area (Å²) in [6, 6.07) is 1.87. The molecule has 0 saturated heterocycles. The van der Waals surface area contributed by atoms with Gasteiger partial charge in [-0.05, 0) is 31.4 Å². The van der Waals surface area contributed by atoms with Gasteiger partial charge in [-0.1, -0.05) is 20.3 Å². The fourth-order valence-corrected chi connectivity index (χ4v) is 5.05. The van der Waals surface area contributed by atoms with Crippen LogP contribution in [0.5, 0.6) is 0 Å². The Morgan fingerprint density at radius 2 is 2.21 bits per heavy atom. The third-order valence-corrected chi connectivity index (χ3v) is 6.21. The molecule has 0 bridgehead atoms. The van der Waals surface area contributed by atoms with Crippen molar-refractivity contribution in [2.75, 3.05) is 6.54 Å². The van der Waals surface area contributed by atoms with Crippen LogP contribution in [0.25, 0.3) is 0 Å². The van der Waals surface area contributed by atoms with E-state index in [1.165, 1.54) is 11.3 Å². The van der Waals surface area contributed by atoms with Gasteiger partial charge in [0.1, 0.15) is 0 Å². The predicted molar refractivity (Wildman–Crippen MR) is 78.8 cm³/mol. The highest BCUT2D eigenvalue weighted by Crippen LogP contribution is 2.27. The average Bonchev–Trinajstić information content (AvgIpc) is 2.97. The average molecular weight is 302 g/mol. The minimum Gasteiger partial charge on any atom is -0.312 e. The smallest absolute Gasteiger partial charge is 0.241 e. The maximum absolute atomic E-state index is 12.3. The first-order chi connectivity index (χ1) is 9.03. The molecular weight excluding hydrogens is 280 g/mol. The molecule has 108 valence electrons. The lowest BCUT2D eigenvalue weighted by Crippen LogP contribution is -2.36. The van der Waals surface area contributed by atoms with Gasteiger partial charge in [-0.25, -0.2) is 13.1 Å². The normalized spacial score (nSPS) is 23.9. The molecule has 1 aromatic rings. The van der Waals surface area contributed by atoms with E-state index in [0.717, 1.165) is 37.2 Å². The minimum absolute atomic E-state index is 0.0992. The van der Waals surface area contributed by atoms with Crippen molar-refractivity contribution >= 4 is 21.4 Å². The van der Waals surface area contributed by atoms with Gasteiger partial charge in [0.15, 0.2) is 0 Å². The van der Waals surface area contributed by atoms with Crippen LogP contribution < -0.4 is 10.0 Å². The predicted octanol–water partition coefficient (Wildman–Crippen LogP) is 2.32. The van der Waals surface area contributed by atoms with Crippen LogP contribution in [0.3, 0.4) is 0 Å². The number of thiophene rings is 1. The van der Waals surface area contributed by atoms with Gasteiger partial charge >= 0.3 is 0 Å². The van der Waals surface area contributed by atoms with E-state index in [2.05, 4.69) is 17.0 Å². The second-order valence-corrected chi connectivity index (χ2v) is 7.87. The summed E-state index contributed by atoms with van der Waals surface area (Å²) < 4.78 is 27.4. The molecule has 1 saturated carbocycles. The molecule has 0 spiro atoms. The van der Waals surface area contributed by atoms with Crippen LogP contribution in [0.4, 0.5) is 0 Å². The summed E-state index contributed by atoms with van der Waals surface area (Å²) in [5.74, 6) is 0.439. The maximum atomic E-state index is 12.3. The van der Waals surface area contributed by atoms with Crippen LogP contribution in [0.15, 0.2) is 16.3 Å². The van der Waals surface area contributed by atoms with Crippen molar-refractivity contribution in [3.05, 3.63) is 16.3 Å². The zero-order chi connectivity index (χ0) is 13.9. The summed E-state index contributed by atoms with van der Waals surface area (Å²) >= 11 is 1.49. The van der Waals surface area contributed by atoms with Crippen molar-refractivity contribution < 1.29 is 8.42 Å². The lowest BCUT2D eigenvalue weighted by atomic mass is 10.1. The lowest BCUT2D eigenvalue weighted by molar-refractivity contribution is 0.476. The first-order valence-electron chi connectivity index (χ1n) is 6.83. The highest BCUT2D eigenvalue weighted by Gasteiger charge is 2.28. The summed E-state index contributed by atoms with van der Waals surface area (Å²) in [7, 11) is -3.35. The second kappa shape index (κ2) is 6.35. The molecular formula is C13H22N2O2S2. The summed E-state index contributed by atoms with van der Waals surface area (Å²) in [5, 5.41) is 4.94. The van der Waals surface area contributed by atoms with Gasteiger partial charge in [-0.15, -0.1) is 11.3 Å². The van der Waals surface area contributed by atoms with Crippen LogP contribution >= 0.6 is 11.3 Å². The van der Waals surface area contributed by atoms with E-state index in [-0.39, 0.29) is 6.04 Å². The molecule has 1 fully saturated rings. The van der Waals surface area contributed by atoms with Crippen molar-refractivity contribution in [1.29, 1.82) is 0 Å². The quantitative estimate of drug-likeness (QED) is 0.848. The Hall–Kier alpha value is -0.430. The summed E-state index contributed by atoms with van der Waals surface area (Å²) in [6.07, 6.45) is 3.18. The summed E-state index contributed by atoms with van der Waals surface area (Å²) in [6.45, 7) is 5.77. The monoisotopic (exact) mass is 302 g/mol. The third-order valence-electron chi connectivity index (χ3n) is 3.66. The molecule has 0 aliphatic heterocycles. The van der Waals surface area contributed by atoms with Gasteiger partial charge in [-0.2, -0.15) is 0 Å². The van der Waals surface area contributed by atoms with Gasteiger partial charge in [-0.3, -0.25) is 0 Å². The SMILES string of the molecule is CCNCc1cc(S(=O)(=O)NC2CCCC2C)cs1. The van der Waals surface area contributed by atoms with Crippen molar-refractivity contribution in [1.82, 2.24) is 10.0 Å². The number of sulfonamides is 1. The Balaban J connectivity index is 2.04. The van der Waals surface area contributed by atoms with Gasteiger partial charge < -0.3 is 5.32 Å². The molecule has 2 atom stereocenters. The van der Waals surface area contributed by atoms with Crippen LogP contribution in [0.2, 0.25) is 0 Å². The zero-order valence-electron chi connectivity index (χ0n) is 11.5. The second-order valence-electron chi connectivity index (χ2n) is 5.17. The van der Waals surface area contributed by atoms with E-state index in [1.807, 2.05) is 6.92 Å². The molecule has 0 radical (unpaired) electrons. The molecule has 1 heterocycles.